The van der Waals surface area contributed by atoms with Gasteiger partial charge in [0.2, 0.25) is 5.91 Å². The summed E-state index contributed by atoms with van der Waals surface area (Å²) in [5.74, 6) is 1.30. The Morgan fingerprint density at radius 1 is 1.25 bits per heavy atom. The molecule has 1 amide bonds. The SMILES string of the molecule is O=C(NC1CC(c2cc3ccccc3o2)NN1)C1CC1. The fourth-order valence-corrected chi connectivity index (χ4v) is 2.65. The molecular formula is C15H17N3O2. The van der Waals surface area contributed by atoms with Gasteiger partial charge in [-0.25, -0.2) is 10.9 Å². The molecule has 0 spiro atoms. The Balaban J connectivity index is 1.45. The second-order valence-corrected chi connectivity index (χ2v) is 5.60. The number of hydrazine groups is 1. The van der Waals surface area contributed by atoms with Gasteiger partial charge in [0.15, 0.2) is 0 Å². The van der Waals surface area contributed by atoms with Crippen LogP contribution in [0.4, 0.5) is 0 Å². The summed E-state index contributed by atoms with van der Waals surface area (Å²) in [7, 11) is 0. The maximum absolute atomic E-state index is 11.7. The van der Waals surface area contributed by atoms with Gasteiger partial charge in [0.25, 0.3) is 0 Å². The lowest BCUT2D eigenvalue weighted by Crippen LogP contribution is -2.44. The van der Waals surface area contributed by atoms with Crippen molar-refractivity contribution in [2.45, 2.75) is 31.5 Å². The summed E-state index contributed by atoms with van der Waals surface area (Å²) in [6.45, 7) is 0. The van der Waals surface area contributed by atoms with Crippen molar-refractivity contribution in [2.24, 2.45) is 5.92 Å². The molecule has 2 heterocycles. The number of nitrogens with one attached hydrogen (secondary N) is 3. The predicted molar refractivity (Wildman–Crippen MR) is 74.5 cm³/mol. The Hall–Kier alpha value is -1.85. The van der Waals surface area contributed by atoms with Crippen LogP contribution >= 0.6 is 0 Å². The summed E-state index contributed by atoms with van der Waals surface area (Å²) in [5, 5.41) is 4.13. The molecule has 0 bridgehead atoms. The highest BCUT2D eigenvalue weighted by Gasteiger charge is 2.34. The van der Waals surface area contributed by atoms with Crippen LogP contribution in [0.25, 0.3) is 11.0 Å². The first-order valence-corrected chi connectivity index (χ1v) is 7.09. The summed E-state index contributed by atoms with van der Waals surface area (Å²) in [5.41, 5.74) is 7.21. The third-order valence-electron chi connectivity index (χ3n) is 3.96. The number of hydrogen-bond donors (Lipinski definition) is 3. The van der Waals surface area contributed by atoms with E-state index in [4.69, 9.17) is 4.42 Å². The molecule has 2 atom stereocenters. The molecule has 20 heavy (non-hydrogen) atoms. The Kier molecular flexibility index (Phi) is 2.75. The van der Waals surface area contributed by atoms with Crippen molar-refractivity contribution in [2.75, 3.05) is 0 Å². The van der Waals surface area contributed by atoms with E-state index in [0.29, 0.717) is 0 Å². The van der Waals surface area contributed by atoms with E-state index in [1.54, 1.807) is 0 Å². The van der Waals surface area contributed by atoms with E-state index in [1.807, 2.05) is 24.3 Å². The summed E-state index contributed by atoms with van der Waals surface area (Å²) >= 11 is 0. The molecule has 0 radical (unpaired) electrons. The molecule has 4 rings (SSSR count). The number of hydrogen-bond acceptors (Lipinski definition) is 4. The molecule has 3 N–H and O–H groups in total. The molecule has 1 saturated heterocycles. The third kappa shape index (κ3) is 2.19. The lowest BCUT2D eigenvalue weighted by molar-refractivity contribution is -0.123. The zero-order chi connectivity index (χ0) is 13.5. The van der Waals surface area contributed by atoms with Crippen molar-refractivity contribution < 1.29 is 9.21 Å². The largest absolute Gasteiger partial charge is 0.459 e. The van der Waals surface area contributed by atoms with Crippen molar-refractivity contribution in [1.82, 2.24) is 16.2 Å². The minimum Gasteiger partial charge on any atom is -0.459 e. The lowest BCUT2D eigenvalue weighted by atomic mass is 10.1. The van der Waals surface area contributed by atoms with E-state index in [-0.39, 0.29) is 24.0 Å². The second kappa shape index (κ2) is 4.61. The fourth-order valence-electron chi connectivity index (χ4n) is 2.65. The van der Waals surface area contributed by atoms with Crippen LogP contribution in [0.3, 0.4) is 0 Å². The Bertz CT molecular complexity index is 614. The van der Waals surface area contributed by atoms with Gasteiger partial charge < -0.3 is 9.73 Å². The first-order valence-electron chi connectivity index (χ1n) is 7.09. The number of amides is 1. The minimum absolute atomic E-state index is 0.0266. The summed E-state index contributed by atoms with van der Waals surface area (Å²) in [6, 6.07) is 10.1. The van der Waals surface area contributed by atoms with Gasteiger partial charge in [-0.1, -0.05) is 18.2 Å². The van der Waals surface area contributed by atoms with E-state index >= 15 is 0 Å². The van der Waals surface area contributed by atoms with Gasteiger partial charge in [0.05, 0.1) is 12.2 Å². The Morgan fingerprint density at radius 2 is 2.10 bits per heavy atom. The van der Waals surface area contributed by atoms with E-state index in [1.165, 1.54) is 0 Å². The van der Waals surface area contributed by atoms with Crippen molar-refractivity contribution >= 4 is 16.9 Å². The topological polar surface area (TPSA) is 66.3 Å². The van der Waals surface area contributed by atoms with Crippen molar-refractivity contribution in [3.8, 4) is 0 Å². The first kappa shape index (κ1) is 11.9. The molecule has 5 nitrogen and oxygen atoms in total. The molecule has 1 aromatic heterocycles. The minimum atomic E-state index is -0.0266. The van der Waals surface area contributed by atoms with Crippen molar-refractivity contribution in [1.29, 1.82) is 0 Å². The number of furan rings is 1. The van der Waals surface area contributed by atoms with Crippen LogP contribution in [0.2, 0.25) is 0 Å². The highest BCUT2D eigenvalue weighted by atomic mass is 16.3. The van der Waals surface area contributed by atoms with Crippen molar-refractivity contribution in [3.63, 3.8) is 0 Å². The molecule has 1 aliphatic carbocycles. The number of rotatable bonds is 3. The molecule has 1 saturated carbocycles. The Labute approximate surface area is 116 Å². The zero-order valence-electron chi connectivity index (χ0n) is 11.1. The average molecular weight is 271 g/mol. The van der Waals surface area contributed by atoms with Gasteiger partial charge in [0.1, 0.15) is 11.3 Å². The van der Waals surface area contributed by atoms with Gasteiger partial charge in [-0.05, 0) is 25.0 Å². The number of carbonyl (C=O) groups is 1. The molecule has 2 unspecified atom stereocenters. The zero-order valence-corrected chi connectivity index (χ0v) is 11.1. The molecule has 104 valence electrons. The van der Waals surface area contributed by atoms with Crippen LogP contribution in [0.1, 0.15) is 31.1 Å². The smallest absolute Gasteiger partial charge is 0.224 e. The van der Waals surface area contributed by atoms with Crippen LogP contribution in [0, 0.1) is 5.92 Å². The summed E-state index contributed by atoms with van der Waals surface area (Å²) in [4.78, 5) is 11.7. The van der Waals surface area contributed by atoms with Crippen molar-refractivity contribution in [3.05, 3.63) is 36.1 Å². The first-order chi connectivity index (χ1) is 9.79. The van der Waals surface area contributed by atoms with Crippen LogP contribution in [-0.4, -0.2) is 12.1 Å². The van der Waals surface area contributed by atoms with Crippen LogP contribution in [0.15, 0.2) is 34.7 Å². The van der Waals surface area contributed by atoms with Gasteiger partial charge in [-0.2, -0.15) is 0 Å². The number of fused-ring (bicyclic) bond motifs is 1. The lowest BCUT2D eigenvalue weighted by Gasteiger charge is -2.11. The number of para-hydroxylation sites is 1. The molecule has 1 aliphatic heterocycles. The molecular weight excluding hydrogens is 254 g/mol. The van der Waals surface area contributed by atoms with Gasteiger partial charge in [-0.3, -0.25) is 4.79 Å². The average Bonchev–Trinajstić information content (AvgIpc) is 3.06. The monoisotopic (exact) mass is 271 g/mol. The van der Waals surface area contributed by atoms with E-state index in [0.717, 1.165) is 36.0 Å². The molecule has 1 aromatic carbocycles. The predicted octanol–water partition coefficient (Wildman–Crippen LogP) is 1.82. The summed E-state index contributed by atoms with van der Waals surface area (Å²) < 4.78 is 5.85. The van der Waals surface area contributed by atoms with E-state index < -0.39 is 0 Å². The van der Waals surface area contributed by atoms with Crippen LogP contribution in [0.5, 0.6) is 0 Å². The highest BCUT2D eigenvalue weighted by molar-refractivity contribution is 5.81. The maximum Gasteiger partial charge on any atom is 0.224 e. The second-order valence-electron chi connectivity index (χ2n) is 5.60. The quantitative estimate of drug-likeness (QED) is 0.796. The number of carbonyl (C=O) groups excluding carboxylic acids is 1. The van der Waals surface area contributed by atoms with Gasteiger partial charge in [-0.15, -0.1) is 0 Å². The van der Waals surface area contributed by atoms with Gasteiger partial charge in [0, 0.05) is 17.7 Å². The van der Waals surface area contributed by atoms with Gasteiger partial charge >= 0.3 is 0 Å². The summed E-state index contributed by atoms with van der Waals surface area (Å²) in [6.07, 6.45) is 2.82. The molecule has 2 fully saturated rings. The maximum atomic E-state index is 11.7. The van der Waals surface area contributed by atoms with Crippen LogP contribution in [-0.2, 0) is 4.79 Å². The highest BCUT2D eigenvalue weighted by Crippen LogP contribution is 2.30. The molecule has 2 aromatic rings. The molecule has 2 aliphatic rings. The standard InChI is InChI=1S/C15H17N3O2/c19-15(9-5-6-9)16-14-8-11(17-18-14)13-7-10-3-1-2-4-12(10)20-13/h1-4,7,9,11,14,17-18H,5-6,8H2,(H,16,19). The molecule has 5 heteroatoms. The third-order valence-corrected chi connectivity index (χ3v) is 3.96. The van der Waals surface area contributed by atoms with Crippen LogP contribution < -0.4 is 16.2 Å². The van der Waals surface area contributed by atoms with E-state index in [2.05, 4.69) is 22.2 Å². The number of benzene rings is 1. The van der Waals surface area contributed by atoms with E-state index in [9.17, 15) is 4.79 Å². The Morgan fingerprint density at radius 3 is 2.90 bits per heavy atom. The normalized spacial score (nSPS) is 26.0. The fraction of sp³-hybridized carbons (Fsp3) is 0.400.